The maximum absolute atomic E-state index is 13.0. The molecule has 0 atom stereocenters. The molecule has 0 bridgehead atoms. The first kappa shape index (κ1) is 17.3. The van der Waals surface area contributed by atoms with Gasteiger partial charge in [0.15, 0.2) is 5.82 Å². The Kier molecular flexibility index (Phi) is 5.23. The fourth-order valence-corrected chi connectivity index (χ4v) is 3.33. The van der Waals surface area contributed by atoms with Gasteiger partial charge in [0, 0.05) is 17.7 Å². The van der Waals surface area contributed by atoms with E-state index in [2.05, 4.69) is 16.3 Å². The van der Waals surface area contributed by atoms with Crippen molar-refractivity contribution in [2.45, 2.75) is 24.3 Å². The number of nitrogens with zero attached hydrogens (tertiary/aromatic N) is 3. The minimum absolute atomic E-state index is 0.263. The average molecular weight is 358 g/mol. The summed E-state index contributed by atoms with van der Waals surface area (Å²) in [7, 11) is 1.66. The molecule has 130 valence electrons. The lowest BCUT2D eigenvalue weighted by molar-refractivity contribution is 0.411. The van der Waals surface area contributed by atoms with Gasteiger partial charge in [0.1, 0.15) is 11.6 Å². The van der Waals surface area contributed by atoms with E-state index >= 15 is 0 Å². The Morgan fingerprint density at radius 3 is 2.64 bits per heavy atom. The highest BCUT2D eigenvalue weighted by molar-refractivity contribution is 7.98. The van der Waals surface area contributed by atoms with E-state index in [0.717, 1.165) is 16.9 Å². The number of ether oxygens (including phenoxy) is 1. The van der Waals surface area contributed by atoms with Gasteiger partial charge in [0.25, 0.3) is 0 Å². The largest absolute Gasteiger partial charge is 0.496 e. The zero-order valence-corrected chi connectivity index (χ0v) is 14.9. The Bertz CT molecular complexity index is 864. The average Bonchev–Trinajstić information content (AvgIpc) is 2.95. The second kappa shape index (κ2) is 7.57. The highest BCUT2D eigenvalue weighted by Crippen LogP contribution is 2.27. The van der Waals surface area contributed by atoms with Gasteiger partial charge in [-0.1, -0.05) is 41.6 Å². The van der Waals surface area contributed by atoms with E-state index < -0.39 is 0 Å². The monoisotopic (exact) mass is 358 g/mol. The summed E-state index contributed by atoms with van der Waals surface area (Å²) in [5.41, 5.74) is 3.18. The Morgan fingerprint density at radius 1 is 1.16 bits per heavy atom. The molecule has 1 aromatic heterocycles. The second-order valence-electron chi connectivity index (χ2n) is 5.68. The van der Waals surface area contributed by atoms with Crippen LogP contribution in [0.5, 0.6) is 5.75 Å². The summed E-state index contributed by atoms with van der Waals surface area (Å²) in [5, 5.41) is 8.93. The van der Waals surface area contributed by atoms with Gasteiger partial charge in [-0.3, -0.25) is 0 Å². The van der Waals surface area contributed by atoms with Crippen molar-refractivity contribution >= 4 is 11.8 Å². The van der Waals surface area contributed by atoms with Crippen LogP contribution in [0.25, 0.3) is 0 Å². The van der Waals surface area contributed by atoms with Crippen molar-refractivity contribution < 1.29 is 9.13 Å². The van der Waals surface area contributed by atoms with Crippen LogP contribution in [0, 0.1) is 12.7 Å². The molecule has 5 nitrogen and oxygen atoms in total. The van der Waals surface area contributed by atoms with Gasteiger partial charge in [0.05, 0.1) is 7.11 Å². The van der Waals surface area contributed by atoms with Crippen LogP contribution in [0.15, 0.2) is 47.6 Å². The number of benzene rings is 2. The highest BCUT2D eigenvalue weighted by atomic mass is 32.2. The predicted molar refractivity (Wildman–Crippen MR) is 96.7 cm³/mol. The number of methoxy groups -OCH3 is 1. The molecule has 0 spiro atoms. The van der Waals surface area contributed by atoms with Crippen LogP contribution < -0.4 is 10.6 Å². The summed E-state index contributed by atoms with van der Waals surface area (Å²) < 4.78 is 19.9. The standard InChI is InChI=1S/C18H19FN4OS/c1-12-3-8-16(24-2)14(9-12)11-25-18-22-21-17(23(18)20)10-13-4-6-15(19)7-5-13/h3-9H,10-11,20H2,1-2H3. The van der Waals surface area contributed by atoms with Crippen LogP contribution in [0.3, 0.4) is 0 Å². The van der Waals surface area contributed by atoms with Crippen LogP contribution in [0.2, 0.25) is 0 Å². The number of thioether (sulfide) groups is 1. The van der Waals surface area contributed by atoms with Gasteiger partial charge >= 0.3 is 0 Å². The predicted octanol–water partition coefficient (Wildman–Crippen LogP) is 3.33. The van der Waals surface area contributed by atoms with Crippen molar-refractivity contribution in [3.8, 4) is 5.75 Å². The highest BCUT2D eigenvalue weighted by Gasteiger charge is 2.12. The SMILES string of the molecule is COc1ccc(C)cc1CSc1nnc(Cc2ccc(F)cc2)n1N. The second-order valence-corrected chi connectivity index (χ2v) is 6.62. The van der Waals surface area contributed by atoms with Crippen molar-refractivity contribution in [2.75, 3.05) is 13.0 Å². The summed E-state index contributed by atoms with van der Waals surface area (Å²) in [4.78, 5) is 0. The third kappa shape index (κ3) is 4.11. The summed E-state index contributed by atoms with van der Waals surface area (Å²) in [6, 6.07) is 12.3. The number of rotatable bonds is 6. The molecule has 0 saturated heterocycles. The van der Waals surface area contributed by atoms with E-state index in [4.69, 9.17) is 10.6 Å². The number of aromatic nitrogens is 3. The quantitative estimate of drug-likeness (QED) is 0.541. The lowest BCUT2D eigenvalue weighted by Gasteiger charge is -2.09. The van der Waals surface area contributed by atoms with Crippen LogP contribution in [-0.2, 0) is 12.2 Å². The van der Waals surface area contributed by atoms with Crippen molar-refractivity contribution in [1.29, 1.82) is 0 Å². The molecule has 3 rings (SSSR count). The molecule has 0 fully saturated rings. The molecule has 0 aliphatic heterocycles. The van der Waals surface area contributed by atoms with E-state index in [9.17, 15) is 4.39 Å². The fourth-order valence-electron chi connectivity index (χ4n) is 2.47. The maximum Gasteiger partial charge on any atom is 0.210 e. The van der Waals surface area contributed by atoms with Crippen LogP contribution in [0.1, 0.15) is 22.5 Å². The topological polar surface area (TPSA) is 66.0 Å². The molecular weight excluding hydrogens is 339 g/mol. The molecule has 0 unspecified atom stereocenters. The molecule has 0 aliphatic carbocycles. The van der Waals surface area contributed by atoms with E-state index in [0.29, 0.717) is 23.2 Å². The molecule has 2 N–H and O–H groups in total. The van der Waals surface area contributed by atoms with Crippen LogP contribution in [-0.4, -0.2) is 22.0 Å². The van der Waals surface area contributed by atoms with E-state index in [-0.39, 0.29) is 5.82 Å². The first-order valence-corrected chi connectivity index (χ1v) is 8.75. The van der Waals surface area contributed by atoms with Gasteiger partial charge < -0.3 is 10.6 Å². The zero-order chi connectivity index (χ0) is 17.8. The number of nitrogen functional groups attached to an aromatic ring is 1. The van der Waals surface area contributed by atoms with Gasteiger partial charge in [-0.05, 0) is 30.7 Å². The number of halogens is 1. The maximum atomic E-state index is 13.0. The van der Waals surface area contributed by atoms with Gasteiger partial charge in [0.2, 0.25) is 5.16 Å². The van der Waals surface area contributed by atoms with E-state index in [1.807, 2.05) is 19.1 Å². The number of hydrogen-bond acceptors (Lipinski definition) is 5. The lowest BCUT2D eigenvalue weighted by Crippen LogP contribution is -2.14. The van der Waals surface area contributed by atoms with Gasteiger partial charge in [-0.15, -0.1) is 10.2 Å². The van der Waals surface area contributed by atoms with E-state index in [1.165, 1.54) is 34.1 Å². The van der Waals surface area contributed by atoms with Crippen molar-refractivity contribution in [2.24, 2.45) is 0 Å². The summed E-state index contributed by atoms with van der Waals surface area (Å²) >= 11 is 1.50. The fraction of sp³-hybridized carbons (Fsp3) is 0.222. The van der Waals surface area contributed by atoms with Crippen LogP contribution >= 0.6 is 11.8 Å². The van der Waals surface area contributed by atoms with Gasteiger partial charge in [-0.2, -0.15) is 0 Å². The molecule has 3 aromatic rings. The van der Waals surface area contributed by atoms with E-state index in [1.54, 1.807) is 19.2 Å². The minimum Gasteiger partial charge on any atom is -0.496 e. The summed E-state index contributed by atoms with van der Waals surface area (Å²) in [6.45, 7) is 2.04. The zero-order valence-electron chi connectivity index (χ0n) is 14.1. The molecular formula is C18H19FN4OS. The molecule has 1 heterocycles. The van der Waals surface area contributed by atoms with Gasteiger partial charge in [-0.25, -0.2) is 9.07 Å². The normalized spacial score (nSPS) is 10.8. The molecule has 0 radical (unpaired) electrons. The third-order valence-corrected chi connectivity index (χ3v) is 4.80. The van der Waals surface area contributed by atoms with Crippen molar-refractivity contribution in [3.05, 3.63) is 70.8 Å². The summed E-state index contributed by atoms with van der Waals surface area (Å²) in [5.74, 6) is 8.00. The Hall–Kier alpha value is -2.54. The molecule has 0 saturated carbocycles. The van der Waals surface area contributed by atoms with Crippen molar-refractivity contribution in [3.63, 3.8) is 0 Å². The Labute approximate surface area is 150 Å². The third-order valence-electron chi connectivity index (χ3n) is 3.80. The first-order chi connectivity index (χ1) is 12.1. The first-order valence-electron chi connectivity index (χ1n) is 7.77. The van der Waals surface area contributed by atoms with Crippen molar-refractivity contribution in [1.82, 2.24) is 14.9 Å². The van der Waals surface area contributed by atoms with Crippen LogP contribution in [0.4, 0.5) is 4.39 Å². The Balaban J connectivity index is 1.71. The smallest absolute Gasteiger partial charge is 0.210 e. The molecule has 25 heavy (non-hydrogen) atoms. The lowest BCUT2D eigenvalue weighted by atomic mass is 10.1. The summed E-state index contributed by atoms with van der Waals surface area (Å²) in [6.07, 6.45) is 0.498. The number of nitrogens with two attached hydrogens (primary N) is 1. The minimum atomic E-state index is -0.263. The molecule has 2 aromatic carbocycles. The molecule has 7 heteroatoms. The number of hydrogen-bond donors (Lipinski definition) is 1. The molecule has 0 amide bonds. The Morgan fingerprint density at radius 2 is 1.92 bits per heavy atom. The molecule has 0 aliphatic rings. The number of aryl methyl sites for hydroxylation is 1.